The van der Waals surface area contributed by atoms with Crippen molar-refractivity contribution >= 4 is 17.7 Å². The Morgan fingerprint density at radius 2 is 2.04 bits per heavy atom. The zero-order valence-corrected chi connectivity index (χ0v) is 16.7. The summed E-state index contributed by atoms with van der Waals surface area (Å²) >= 11 is 1.53. The molecule has 1 aliphatic rings. The lowest BCUT2D eigenvalue weighted by molar-refractivity contribution is 0.0947. The van der Waals surface area contributed by atoms with Gasteiger partial charge in [0.2, 0.25) is 5.89 Å². The second kappa shape index (κ2) is 8.61. The maximum absolute atomic E-state index is 12.9. The van der Waals surface area contributed by atoms with E-state index in [0.29, 0.717) is 35.5 Å². The number of nitrogens with one attached hydrogen (secondary N) is 1. The van der Waals surface area contributed by atoms with Gasteiger partial charge in [-0.1, -0.05) is 41.6 Å². The highest BCUT2D eigenvalue weighted by Crippen LogP contribution is 2.31. The van der Waals surface area contributed by atoms with Crippen LogP contribution in [0.25, 0.3) is 0 Å². The standard InChI is InChI=1S/C22H23N3O2S/c1-15-24-21(27-25-15)14-28-20-12-5-4-11-19(20)22(26)23-13-17-9-6-8-16-7-2-3-10-18(16)17/h2-5,7,10-12,17H,6,8-9,13-14H2,1H3,(H,23,26). The number of fused-ring (bicyclic) bond motifs is 1. The summed E-state index contributed by atoms with van der Waals surface area (Å²) in [4.78, 5) is 18.0. The van der Waals surface area contributed by atoms with Gasteiger partial charge in [0.25, 0.3) is 5.91 Å². The molecule has 0 bridgehead atoms. The molecular formula is C22H23N3O2S. The van der Waals surface area contributed by atoms with Gasteiger partial charge in [-0.25, -0.2) is 0 Å². The van der Waals surface area contributed by atoms with Crippen LogP contribution in [0.1, 0.15) is 52.0 Å². The summed E-state index contributed by atoms with van der Waals surface area (Å²) in [5, 5.41) is 6.96. The molecule has 1 N–H and O–H groups in total. The Labute approximate surface area is 168 Å². The van der Waals surface area contributed by atoms with Crippen LogP contribution in [-0.4, -0.2) is 22.6 Å². The lowest BCUT2D eigenvalue weighted by atomic mass is 9.83. The molecule has 0 aliphatic heterocycles. The first kappa shape index (κ1) is 18.7. The van der Waals surface area contributed by atoms with Gasteiger partial charge in [0.1, 0.15) is 0 Å². The number of hydrogen-bond acceptors (Lipinski definition) is 5. The normalized spacial score (nSPS) is 15.8. The van der Waals surface area contributed by atoms with Crippen LogP contribution >= 0.6 is 11.8 Å². The average molecular weight is 394 g/mol. The Morgan fingerprint density at radius 3 is 2.89 bits per heavy atom. The van der Waals surface area contributed by atoms with E-state index >= 15 is 0 Å². The molecule has 144 valence electrons. The van der Waals surface area contributed by atoms with Crippen LogP contribution in [0.3, 0.4) is 0 Å². The maximum atomic E-state index is 12.9. The molecule has 0 saturated carbocycles. The first-order valence-corrected chi connectivity index (χ1v) is 10.6. The number of carbonyl (C=O) groups is 1. The van der Waals surface area contributed by atoms with Crippen LogP contribution in [0.5, 0.6) is 0 Å². The summed E-state index contributed by atoms with van der Waals surface area (Å²) in [7, 11) is 0. The van der Waals surface area contributed by atoms with Crippen molar-refractivity contribution in [2.45, 2.75) is 42.8 Å². The van der Waals surface area contributed by atoms with E-state index in [1.165, 1.54) is 29.3 Å². The second-order valence-corrected chi connectivity index (χ2v) is 8.04. The average Bonchev–Trinajstić information content (AvgIpc) is 3.16. The summed E-state index contributed by atoms with van der Waals surface area (Å²) in [6.07, 6.45) is 3.42. The third-order valence-corrected chi connectivity index (χ3v) is 6.11. The summed E-state index contributed by atoms with van der Waals surface area (Å²) in [6.45, 7) is 2.46. The van der Waals surface area contributed by atoms with E-state index in [1.807, 2.05) is 24.3 Å². The molecule has 1 heterocycles. The number of aromatic nitrogens is 2. The van der Waals surface area contributed by atoms with E-state index in [0.717, 1.165) is 17.7 Å². The van der Waals surface area contributed by atoms with Gasteiger partial charge in [0, 0.05) is 17.4 Å². The number of rotatable bonds is 6. The van der Waals surface area contributed by atoms with Crippen LogP contribution in [0.4, 0.5) is 0 Å². The minimum Gasteiger partial charge on any atom is -0.351 e. The summed E-state index contributed by atoms with van der Waals surface area (Å²) in [6, 6.07) is 16.2. The molecule has 6 heteroatoms. The van der Waals surface area contributed by atoms with Crippen LogP contribution in [0.2, 0.25) is 0 Å². The molecule has 28 heavy (non-hydrogen) atoms. The zero-order chi connectivity index (χ0) is 19.3. The number of amides is 1. The lowest BCUT2D eigenvalue weighted by Gasteiger charge is -2.25. The Hall–Kier alpha value is -2.60. The Bertz CT molecular complexity index is 970. The number of thioether (sulfide) groups is 1. The molecule has 0 spiro atoms. The fourth-order valence-corrected chi connectivity index (χ4v) is 4.58. The van der Waals surface area contributed by atoms with Crippen LogP contribution < -0.4 is 5.32 Å². The first-order valence-electron chi connectivity index (χ1n) is 9.57. The molecule has 1 aromatic heterocycles. The second-order valence-electron chi connectivity index (χ2n) is 7.02. The number of hydrogen-bond donors (Lipinski definition) is 1. The molecule has 1 amide bonds. The molecule has 2 aromatic carbocycles. The van der Waals surface area contributed by atoms with Crippen molar-refractivity contribution in [1.82, 2.24) is 15.5 Å². The summed E-state index contributed by atoms with van der Waals surface area (Å²) < 4.78 is 5.16. The number of carbonyl (C=O) groups excluding carboxylic acids is 1. The van der Waals surface area contributed by atoms with Crippen LogP contribution in [0, 0.1) is 6.92 Å². The molecule has 1 aliphatic carbocycles. The van der Waals surface area contributed by atoms with Crippen LogP contribution in [0.15, 0.2) is 57.9 Å². The highest BCUT2D eigenvalue weighted by molar-refractivity contribution is 7.98. The molecule has 3 aromatic rings. The number of benzene rings is 2. The minimum absolute atomic E-state index is 0.0344. The Morgan fingerprint density at radius 1 is 1.21 bits per heavy atom. The monoisotopic (exact) mass is 393 g/mol. The van der Waals surface area contributed by atoms with Gasteiger partial charge >= 0.3 is 0 Å². The third kappa shape index (κ3) is 4.28. The molecule has 4 rings (SSSR count). The largest absolute Gasteiger partial charge is 0.351 e. The fourth-order valence-electron chi connectivity index (χ4n) is 3.70. The van der Waals surface area contributed by atoms with E-state index < -0.39 is 0 Å². The van der Waals surface area contributed by atoms with Gasteiger partial charge in [-0.05, 0) is 49.4 Å². The fraction of sp³-hybridized carbons (Fsp3) is 0.318. The lowest BCUT2D eigenvalue weighted by Crippen LogP contribution is -2.30. The molecule has 0 radical (unpaired) electrons. The van der Waals surface area contributed by atoms with E-state index in [4.69, 9.17) is 4.52 Å². The highest BCUT2D eigenvalue weighted by atomic mass is 32.2. The smallest absolute Gasteiger partial charge is 0.252 e. The van der Waals surface area contributed by atoms with Gasteiger partial charge in [-0.3, -0.25) is 4.79 Å². The maximum Gasteiger partial charge on any atom is 0.252 e. The summed E-state index contributed by atoms with van der Waals surface area (Å²) in [5.41, 5.74) is 3.48. The van der Waals surface area contributed by atoms with Crippen molar-refractivity contribution < 1.29 is 9.32 Å². The molecule has 1 atom stereocenters. The minimum atomic E-state index is -0.0344. The SMILES string of the molecule is Cc1noc(CSc2ccccc2C(=O)NCC2CCCc3ccccc32)n1. The predicted octanol–water partition coefficient (Wildman–Crippen LogP) is 4.52. The van der Waals surface area contributed by atoms with Crippen molar-refractivity contribution in [3.63, 3.8) is 0 Å². The first-order chi connectivity index (χ1) is 13.7. The predicted molar refractivity (Wildman–Crippen MR) is 109 cm³/mol. The molecule has 5 nitrogen and oxygen atoms in total. The van der Waals surface area contributed by atoms with E-state index in [1.54, 1.807) is 6.92 Å². The molecule has 0 saturated heterocycles. The van der Waals surface area contributed by atoms with Crippen molar-refractivity contribution in [3.05, 3.63) is 76.9 Å². The van der Waals surface area contributed by atoms with Gasteiger partial charge in [0.05, 0.1) is 11.3 Å². The van der Waals surface area contributed by atoms with Gasteiger partial charge in [-0.2, -0.15) is 4.98 Å². The summed E-state index contributed by atoms with van der Waals surface area (Å²) in [5.74, 6) is 2.08. The zero-order valence-electron chi connectivity index (χ0n) is 15.9. The van der Waals surface area contributed by atoms with Gasteiger partial charge < -0.3 is 9.84 Å². The Kier molecular flexibility index (Phi) is 5.76. The van der Waals surface area contributed by atoms with Crippen LogP contribution in [-0.2, 0) is 12.2 Å². The number of nitrogens with zero attached hydrogens (tertiary/aromatic N) is 2. The van der Waals surface area contributed by atoms with Crippen molar-refractivity contribution in [1.29, 1.82) is 0 Å². The van der Waals surface area contributed by atoms with Gasteiger partial charge in [0.15, 0.2) is 5.82 Å². The molecule has 0 fully saturated rings. The quantitative estimate of drug-likeness (QED) is 0.624. The van der Waals surface area contributed by atoms with Crippen molar-refractivity contribution in [2.75, 3.05) is 6.54 Å². The molecular weight excluding hydrogens is 370 g/mol. The van der Waals surface area contributed by atoms with E-state index in [-0.39, 0.29) is 5.91 Å². The van der Waals surface area contributed by atoms with E-state index in [9.17, 15) is 4.79 Å². The van der Waals surface area contributed by atoms with E-state index in [2.05, 4.69) is 39.7 Å². The van der Waals surface area contributed by atoms with Crippen molar-refractivity contribution in [2.24, 2.45) is 0 Å². The van der Waals surface area contributed by atoms with Crippen molar-refractivity contribution in [3.8, 4) is 0 Å². The topological polar surface area (TPSA) is 68.0 Å². The van der Waals surface area contributed by atoms with Gasteiger partial charge in [-0.15, -0.1) is 11.8 Å². The molecule has 1 unspecified atom stereocenters. The Balaban J connectivity index is 1.41. The third-order valence-electron chi connectivity index (χ3n) is 5.06. The number of aryl methyl sites for hydroxylation is 2. The highest BCUT2D eigenvalue weighted by Gasteiger charge is 2.21.